The molecule has 9 rings (SSSR count). The number of nitrogens with zero attached hydrogens (tertiary/aromatic N) is 1. The van der Waals surface area contributed by atoms with Crippen LogP contribution in [0.2, 0.25) is 0 Å². The quantitative estimate of drug-likeness (QED) is 0.188. The highest BCUT2D eigenvalue weighted by Crippen LogP contribution is 2.51. The molecule has 258 valence electrons. The molecule has 2 aliphatic carbocycles. The molecule has 0 saturated carbocycles. The van der Waals surface area contributed by atoms with E-state index in [0.717, 1.165) is 38.5 Å². The van der Waals surface area contributed by atoms with Gasteiger partial charge < -0.3 is 4.98 Å². The van der Waals surface area contributed by atoms with Gasteiger partial charge in [-0.3, -0.25) is 4.99 Å². The Kier molecular flexibility index (Phi) is 8.22. The summed E-state index contributed by atoms with van der Waals surface area (Å²) in [6.07, 6.45) is 6.52. The van der Waals surface area contributed by atoms with E-state index in [1.165, 1.54) is 106 Å². The van der Waals surface area contributed by atoms with Crippen molar-refractivity contribution in [2.75, 3.05) is 0 Å². The van der Waals surface area contributed by atoms with Crippen LogP contribution in [-0.2, 0) is 19.3 Å². The molecule has 5 aromatic carbocycles. The van der Waals surface area contributed by atoms with Gasteiger partial charge in [0, 0.05) is 28.1 Å². The van der Waals surface area contributed by atoms with Gasteiger partial charge >= 0.3 is 0 Å². The highest BCUT2D eigenvalue weighted by atomic mass is 14.9. The van der Waals surface area contributed by atoms with E-state index in [1.807, 2.05) is 0 Å². The van der Waals surface area contributed by atoms with Crippen molar-refractivity contribution in [3.05, 3.63) is 182 Å². The molecule has 2 heteroatoms. The van der Waals surface area contributed by atoms with Crippen molar-refractivity contribution >= 4 is 11.3 Å². The lowest BCUT2D eigenvalue weighted by atomic mass is 9.76. The molecule has 2 unspecified atom stereocenters. The first-order valence-electron chi connectivity index (χ1n) is 19.3. The number of aromatic nitrogens is 1. The van der Waals surface area contributed by atoms with Crippen molar-refractivity contribution in [2.45, 2.75) is 85.1 Å². The van der Waals surface area contributed by atoms with E-state index >= 15 is 0 Å². The number of benzene rings is 5. The number of fused-ring (bicyclic) bond motifs is 6. The summed E-state index contributed by atoms with van der Waals surface area (Å²) in [5.74, 6) is -0.0219. The molecule has 0 bridgehead atoms. The number of hydrogen-bond donors (Lipinski definition) is 1. The highest BCUT2D eigenvalue weighted by Gasteiger charge is 2.41. The molecular formula is C50H48N2. The molecule has 1 aliphatic heterocycles. The topological polar surface area (TPSA) is 28.1 Å². The summed E-state index contributed by atoms with van der Waals surface area (Å²) >= 11 is 0. The van der Waals surface area contributed by atoms with Crippen LogP contribution in [0.1, 0.15) is 92.1 Å². The predicted octanol–water partition coefficient (Wildman–Crippen LogP) is 12.2. The van der Waals surface area contributed by atoms with E-state index in [4.69, 9.17) is 4.99 Å². The summed E-state index contributed by atoms with van der Waals surface area (Å²) < 4.78 is 0. The predicted molar refractivity (Wildman–Crippen MR) is 219 cm³/mol. The zero-order valence-electron chi connectivity index (χ0n) is 31.2. The fourth-order valence-electron chi connectivity index (χ4n) is 9.72. The molecule has 0 saturated heterocycles. The summed E-state index contributed by atoms with van der Waals surface area (Å²) in [4.78, 5) is 10.2. The maximum Gasteiger partial charge on any atom is 0.0889 e. The smallest absolute Gasteiger partial charge is 0.0889 e. The Bertz CT molecular complexity index is 2370. The van der Waals surface area contributed by atoms with Gasteiger partial charge in [-0.05, 0) is 129 Å². The van der Waals surface area contributed by atoms with Gasteiger partial charge in [0.15, 0.2) is 0 Å². The standard InChI is InChI=1S/C50H48N2/c1-30-20-24-37(25-21-30)44-41-18-10-14-35-12-6-8-16-39(35)47(41)51-49(44)46(43-33(4)28-32(3)29-34(43)5)50-45(38-26-22-31(2)23-27-38)42-19-11-15-36-13-7-9-17-40(36)48(42)52-50/h6-9,12-13,16-17,20-29,46,49,52H,10-11,14-15,18-19H2,1-5H3. The van der Waals surface area contributed by atoms with Crippen molar-refractivity contribution in [3.63, 3.8) is 0 Å². The van der Waals surface area contributed by atoms with Gasteiger partial charge in [0.2, 0.25) is 0 Å². The van der Waals surface area contributed by atoms with Gasteiger partial charge in [-0.1, -0.05) is 126 Å². The molecule has 2 nitrogen and oxygen atoms in total. The zero-order valence-corrected chi connectivity index (χ0v) is 31.2. The first-order chi connectivity index (χ1) is 25.4. The van der Waals surface area contributed by atoms with Crippen LogP contribution in [0.25, 0.3) is 28.0 Å². The molecule has 1 aromatic heterocycles. The van der Waals surface area contributed by atoms with Gasteiger partial charge in [-0.15, -0.1) is 0 Å². The molecule has 0 amide bonds. The minimum atomic E-state index is -0.0966. The normalized spacial score (nSPS) is 17.0. The maximum atomic E-state index is 5.99. The summed E-state index contributed by atoms with van der Waals surface area (Å²) in [6.45, 7) is 11.3. The van der Waals surface area contributed by atoms with Crippen molar-refractivity contribution in [2.24, 2.45) is 4.99 Å². The number of aromatic amines is 1. The van der Waals surface area contributed by atoms with Crippen LogP contribution >= 0.6 is 0 Å². The first kappa shape index (κ1) is 32.7. The summed E-state index contributed by atoms with van der Waals surface area (Å²) in [5, 5.41) is 0. The average Bonchev–Trinajstić information content (AvgIpc) is 3.56. The van der Waals surface area contributed by atoms with Crippen LogP contribution in [-0.4, -0.2) is 16.7 Å². The minimum Gasteiger partial charge on any atom is -0.357 e. The molecule has 0 fully saturated rings. The lowest BCUT2D eigenvalue weighted by Crippen LogP contribution is -2.22. The highest BCUT2D eigenvalue weighted by molar-refractivity contribution is 6.21. The molecule has 52 heavy (non-hydrogen) atoms. The fourth-order valence-corrected chi connectivity index (χ4v) is 9.72. The maximum absolute atomic E-state index is 5.99. The third kappa shape index (κ3) is 5.52. The Morgan fingerprint density at radius 3 is 1.85 bits per heavy atom. The summed E-state index contributed by atoms with van der Waals surface area (Å²) in [5.41, 5.74) is 25.5. The number of aryl methyl sites for hydroxylation is 7. The van der Waals surface area contributed by atoms with E-state index in [2.05, 4.69) is 149 Å². The molecule has 2 atom stereocenters. The fraction of sp³-hybridized carbons (Fsp3) is 0.260. The van der Waals surface area contributed by atoms with Crippen molar-refractivity contribution in [1.82, 2.24) is 4.98 Å². The second-order valence-corrected chi connectivity index (χ2v) is 15.6. The first-order valence-corrected chi connectivity index (χ1v) is 19.3. The Morgan fingerprint density at radius 2 is 1.17 bits per heavy atom. The molecule has 3 aliphatic rings. The van der Waals surface area contributed by atoms with E-state index in [-0.39, 0.29) is 12.0 Å². The minimum absolute atomic E-state index is 0.0219. The van der Waals surface area contributed by atoms with Crippen molar-refractivity contribution in [1.29, 1.82) is 0 Å². The molecule has 0 spiro atoms. The van der Waals surface area contributed by atoms with E-state index in [0.29, 0.717) is 0 Å². The Hall–Kier alpha value is -5.21. The monoisotopic (exact) mass is 676 g/mol. The number of allylic oxidation sites excluding steroid dienone is 1. The van der Waals surface area contributed by atoms with Crippen LogP contribution in [0.5, 0.6) is 0 Å². The van der Waals surface area contributed by atoms with Crippen molar-refractivity contribution < 1.29 is 0 Å². The zero-order chi connectivity index (χ0) is 35.5. The van der Waals surface area contributed by atoms with Crippen LogP contribution in [0.15, 0.2) is 120 Å². The second kappa shape index (κ2) is 13.1. The third-order valence-electron chi connectivity index (χ3n) is 12.0. The van der Waals surface area contributed by atoms with Crippen LogP contribution in [0.4, 0.5) is 0 Å². The Labute approximate surface area is 309 Å². The molecular weight excluding hydrogens is 629 g/mol. The number of aliphatic imine (C=N–C) groups is 1. The second-order valence-electron chi connectivity index (χ2n) is 15.6. The SMILES string of the molecule is Cc1ccc(C2=C3CCCc4ccccc4C3=NC2C(c2[nH]c3c(c2-c2ccc(C)cc2)CCCc2ccccc2-3)c2c(C)cc(C)cc2C)cc1. The van der Waals surface area contributed by atoms with E-state index in [1.54, 1.807) is 0 Å². The molecule has 1 N–H and O–H groups in total. The van der Waals surface area contributed by atoms with Crippen molar-refractivity contribution in [3.8, 4) is 22.4 Å². The van der Waals surface area contributed by atoms with E-state index < -0.39 is 0 Å². The van der Waals surface area contributed by atoms with E-state index in [9.17, 15) is 0 Å². The molecule has 6 aromatic rings. The van der Waals surface area contributed by atoms with Gasteiger partial charge in [0.25, 0.3) is 0 Å². The number of nitrogens with one attached hydrogen (secondary N) is 1. The number of H-pyrrole nitrogens is 1. The van der Waals surface area contributed by atoms with Gasteiger partial charge in [-0.25, -0.2) is 0 Å². The van der Waals surface area contributed by atoms with Crippen LogP contribution in [0.3, 0.4) is 0 Å². The number of rotatable bonds is 5. The molecule has 2 heterocycles. The van der Waals surface area contributed by atoms with Gasteiger partial charge in [0.05, 0.1) is 17.7 Å². The summed E-state index contributed by atoms with van der Waals surface area (Å²) in [7, 11) is 0. The molecule has 0 radical (unpaired) electrons. The third-order valence-corrected chi connectivity index (χ3v) is 12.0. The Morgan fingerprint density at radius 1 is 0.596 bits per heavy atom. The lowest BCUT2D eigenvalue weighted by Gasteiger charge is -2.29. The lowest BCUT2D eigenvalue weighted by molar-refractivity contribution is 0.698. The van der Waals surface area contributed by atoms with Gasteiger partial charge in [-0.2, -0.15) is 0 Å². The number of hydrogen-bond acceptors (Lipinski definition) is 1. The average molecular weight is 677 g/mol. The van der Waals surface area contributed by atoms with Crippen LogP contribution in [0, 0.1) is 34.6 Å². The van der Waals surface area contributed by atoms with Gasteiger partial charge in [0.1, 0.15) is 0 Å². The summed E-state index contributed by atoms with van der Waals surface area (Å²) in [6, 6.07) is 41.3. The Balaban J connectivity index is 1.39. The largest absolute Gasteiger partial charge is 0.357 e. The van der Waals surface area contributed by atoms with Crippen LogP contribution < -0.4 is 0 Å².